The molecule has 0 radical (unpaired) electrons. The number of halogens is 1. The molecule has 7 heteroatoms. The largest absolute Gasteiger partial charge is 0.494 e. The van der Waals surface area contributed by atoms with E-state index in [1.807, 2.05) is 31.2 Å². The van der Waals surface area contributed by atoms with Crippen molar-refractivity contribution in [2.24, 2.45) is 0 Å². The van der Waals surface area contributed by atoms with Gasteiger partial charge >= 0.3 is 5.97 Å². The summed E-state index contributed by atoms with van der Waals surface area (Å²) in [5.74, 6) is -0.899. The number of rotatable bonds is 5. The molecule has 0 fully saturated rings. The highest BCUT2D eigenvalue weighted by molar-refractivity contribution is 6.33. The molecule has 0 bridgehead atoms. The van der Waals surface area contributed by atoms with Gasteiger partial charge < -0.3 is 9.84 Å². The van der Waals surface area contributed by atoms with Gasteiger partial charge in [0.15, 0.2) is 5.78 Å². The van der Waals surface area contributed by atoms with Crippen LogP contribution in [0.4, 0.5) is 5.69 Å². The van der Waals surface area contributed by atoms with Crippen molar-refractivity contribution in [1.82, 2.24) is 0 Å². The zero-order chi connectivity index (χ0) is 22.1. The molecular formula is C24H22ClNO5. The van der Waals surface area contributed by atoms with E-state index in [1.165, 1.54) is 17.0 Å². The second-order valence-electron chi connectivity index (χ2n) is 7.59. The predicted octanol–water partition coefficient (Wildman–Crippen LogP) is 4.96. The van der Waals surface area contributed by atoms with E-state index in [-0.39, 0.29) is 34.6 Å². The molecule has 0 aromatic heterocycles. The van der Waals surface area contributed by atoms with Crippen LogP contribution in [0.2, 0.25) is 5.02 Å². The molecule has 1 aliphatic heterocycles. The van der Waals surface area contributed by atoms with Crippen molar-refractivity contribution in [3.05, 3.63) is 69.9 Å². The van der Waals surface area contributed by atoms with Crippen LogP contribution in [-0.4, -0.2) is 29.4 Å². The molecule has 0 spiro atoms. The summed E-state index contributed by atoms with van der Waals surface area (Å²) in [7, 11) is 0. The Kier molecular flexibility index (Phi) is 5.83. The first-order valence-electron chi connectivity index (χ1n) is 10.3. The van der Waals surface area contributed by atoms with E-state index >= 15 is 0 Å². The smallest absolute Gasteiger partial charge is 0.337 e. The number of ketones is 1. The number of ether oxygens (including phenoxy) is 1. The average Bonchev–Trinajstić information content (AvgIpc) is 2.74. The van der Waals surface area contributed by atoms with Gasteiger partial charge in [-0.3, -0.25) is 14.5 Å². The van der Waals surface area contributed by atoms with Crippen LogP contribution in [0.15, 0.2) is 53.7 Å². The Labute approximate surface area is 185 Å². The third kappa shape index (κ3) is 3.95. The Hall–Kier alpha value is -3.12. The van der Waals surface area contributed by atoms with Crippen LogP contribution >= 0.6 is 11.6 Å². The summed E-state index contributed by atoms with van der Waals surface area (Å²) in [5, 5.41) is 9.51. The molecule has 2 aliphatic rings. The van der Waals surface area contributed by atoms with Crippen LogP contribution in [0, 0.1) is 0 Å². The van der Waals surface area contributed by atoms with Crippen LogP contribution < -0.4 is 9.64 Å². The van der Waals surface area contributed by atoms with Crippen LogP contribution in [0.25, 0.3) is 0 Å². The van der Waals surface area contributed by atoms with Crippen molar-refractivity contribution in [3.63, 3.8) is 0 Å². The Bertz CT molecular complexity index is 1090. The molecule has 0 saturated heterocycles. The number of amides is 1. The lowest BCUT2D eigenvalue weighted by molar-refractivity contribution is -0.119. The minimum atomic E-state index is -1.17. The molecule has 4 rings (SSSR count). The van der Waals surface area contributed by atoms with Crippen LogP contribution in [0.5, 0.6) is 5.75 Å². The van der Waals surface area contributed by atoms with Gasteiger partial charge in [0.05, 0.1) is 17.2 Å². The number of carboxylic acid groups (broad SMARTS) is 1. The van der Waals surface area contributed by atoms with Gasteiger partial charge in [0.2, 0.25) is 5.91 Å². The maximum atomic E-state index is 13.3. The Morgan fingerprint density at radius 2 is 1.90 bits per heavy atom. The molecule has 2 aromatic rings. The van der Waals surface area contributed by atoms with Gasteiger partial charge in [-0.15, -0.1) is 0 Å². The van der Waals surface area contributed by atoms with Gasteiger partial charge in [-0.05, 0) is 55.7 Å². The number of carbonyl (C=O) groups excluding carboxylic acids is 2. The number of Topliss-reactive ketones (excluding diaryl/α,β-unsaturated/α-hetero) is 1. The Morgan fingerprint density at radius 3 is 2.58 bits per heavy atom. The van der Waals surface area contributed by atoms with E-state index in [0.29, 0.717) is 42.8 Å². The fourth-order valence-corrected chi connectivity index (χ4v) is 4.55. The van der Waals surface area contributed by atoms with Crippen molar-refractivity contribution in [2.45, 2.75) is 38.5 Å². The molecule has 1 heterocycles. The molecule has 1 N–H and O–H groups in total. The highest BCUT2D eigenvalue weighted by Crippen LogP contribution is 2.44. The SMILES string of the molecule is CCOc1ccc(C2CC(=O)N(c3ccc(Cl)c(C(=O)O)c3)C3=C2C(=O)CCC3)cc1. The van der Waals surface area contributed by atoms with Gasteiger partial charge in [0, 0.05) is 35.7 Å². The summed E-state index contributed by atoms with van der Waals surface area (Å²) in [6.07, 6.45) is 1.79. The van der Waals surface area contributed by atoms with E-state index in [1.54, 1.807) is 6.07 Å². The lowest BCUT2D eigenvalue weighted by Gasteiger charge is -2.38. The van der Waals surface area contributed by atoms with Crippen molar-refractivity contribution in [3.8, 4) is 5.75 Å². The fourth-order valence-electron chi connectivity index (χ4n) is 4.36. The van der Waals surface area contributed by atoms with Crippen LogP contribution in [0.1, 0.15) is 54.4 Å². The lowest BCUT2D eigenvalue weighted by atomic mass is 9.77. The number of carboxylic acids is 1. The Morgan fingerprint density at radius 1 is 1.16 bits per heavy atom. The van der Waals surface area contributed by atoms with E-state index in [0.717, 1.165) is 11.3 Å². The van der Waals surface area contributed by atoms with Gasteiger partial charge in [-0.1, -0.05) is 23.7 Å². The first kappa shape index (κ1) is 21.1. The van der Waals surface area contributed by atoms with Gasteiger partial charge in [0.25, 0.3) is 0 Å². The average molecular weight is 440 g/mol. The summed E-state index contributed by atoms with van der Waals surface area (Å²) >= 11 is 6.00. The zero-order valence-corrected chi connectivity index (χ0v) is 17.8. The van der Waals surface area contributed by atoms with Crippen molar-refractivity contribution in [1.29, 1.82) is 0 Å². The number of nitrogens with zero attached hydrogens (tertiary/aromatic N) is 1. The molecule has 160 valence electrons. The first-order valence-corrected chi connectivity index (χ1v) is 10.6. The van der Waals surface area contributed by atoms with Gasteiger partial charge in [-0.2, -0.15) is 0 Å². The number of benzene rings is 2. The summed E-state index contributed by atoms with van der Waals surface area (Å²) in [6, 6.07) is 12.0. The molecule has 2 aromatic carbocycles. The van der Waals surface area contributed by atoms with Crippen molar-refractivity contribution < 1.29 is 24.2 Å². The molecule has 1 atom stereocenters. The number of hydrogen-bond donors (Lipinski definition) is 1. The second-order valence-corrected chi connectivity index (χ2v) is 8.00. The number of aromatic carboxylic acids is 1. The Balaban J connectivity index is 1.80. The van der Waals surface area contributed by atoms with E-state index in [9.17, 15) is 19.5 Å². The first-order chi connectivity index (χ1) is 14.9. The standard InChI is InChI=1S/C24H22ClNO5/c1-2-31-16-9-6-14(7-10-16)17-13-22(28)26(20-4-3-5-21(27)23(17)20)15-8-11-19(25)18(12-15)24(29)30/h6-12,17H,2-5,13H2,1H3,(H,29,30). The van der Waals surface area contributed by atoms with Gasteiger partial charge in [-0.25, -0.2) is 4.79 Å². The molecular weight excluding hydrogens is 418 g/mol. The van der Waals surface area contributed by atoms with Gasteiger partial charge in [0.1, 0.15) is 5.75 Å². The maximum absolute atomic E-state index is 13.3. The third-order valence-electron chi connectivity index (χ3n) is 5.71. The summed E-state index contributed by atoms with van der Waals surface area (Å²) < 4.78 is 5.50. The maximum Gasteiger partial charge on any atom is 0.337 e. The normalized spacial score (nSPS) is 18.8. The van der Waals surface area contributed by atoms with Crippen LogP contribution in [0.3, 0.4) is 0 Å². The second kappa shape index (κ2) is 8.55. The summed E-state index contributed by atoms with van der Waals surface area (Å²) in [4.78, 5) is 39.2. The quantitative estimate of drug-likeness (QED) is 0.711. The van der Waals surface area contributed by atoms with E-state index in [2.05, 4.69) is 0 Å². The summed E-state index contributed by atoms with van der Waals surface area (Å²) in [5.41, 5.74) is 2.53. The molecule has 1 aliphatic carbocycles. The van der Waals surface area contributed by atoms with Crippen molar-refractivity contribution in [2.75, 3.05) is 11.5 Å². The molecule has 6 nitrogen and oxygen atoms in total. The highest BCUT2D eigenvalue weighted by Gasteiger charge is 2.39. The van der Waals surface area contributed by atoms with E-state index < -0.39 is 5.97 Å². The molecule has 31 heavy (non-hydrogen) atoms. The number of hydrogen-bond acceptors (Lipinski definition) is 4. The lowest BCUT2D eigenvalue weighted by Crippen LogP contribution is -2.40. The van der Waals surface area contributed by atoms with Crippen LogP contribution in [-0.2, 0) is 9.59 Å². The predicted molar refractivity (Wildman–Crippen MR) is 117 cm³/mol. The minimum Gasteiger partial charge on any atom is -0.494 e. The fraction of sp³-hybridized carbons (Fsp3) is 0.292. The topological polar surface area (TPSA) is 83.9 Å². The zero-order valence-electron chi connectivity index (χ0n) is 17.1. The monoisotopic (exact) mass is 439 g/mol. The summed E-state index contributed by atoms with van der Waals surface area (Å²) in [6.45, 7) is 2.47. The number of anilines is 1. The van der Waals surface area contributed by atoms with E-state index in [4.69, 9.17) is 16.3 Å². The highest BCUT2D eigenvalue weighted by atomic mass is 35.5. The number of allylic oxidation sites excluding steroid dienone is 2. The molecule has 1 amide bonds. The molecule has 0 saturated carbocycles. The van der Waals surface area contributed by atoms with Crippen molar-refractivity contribution >= 4 is 34.9 Å². The number of carbonyl (C=O) groups is 3. The molecule has 1 unspecified atom stereocenters. The third-order valence-corrected chi connectivity index (χ3v) is 6.04. The minimum absolute atomic E-state index is 0.0325.